The lowest BCUT2D eigenvalue weighted by atomic mass is 10.1. The topological polar surface area (TPSA) is 33.4 Å². The van der Waals surface area contributed by atoms with Crippen molar-refractivity contribution in [2.45, 2.75) is 6.61 Å². The normalized spacial score (nSPS) is 11.4. The minimum Gasteiger partial charge on any atom is -0.456 e. The molecule has 0 saturated heterocycles. The molecule has 0 aliphatic rings. The molecule has 3 rings (SSSR count). The van der Waals surface area contributed by atoms with E-state index in [0.717, 1.165) is 22.1 Å². The molecule has 2 aromatic carbocycles. The van der Waals surface area contributed by atoms with E-state index in [1.54, 1.807) is 0 Å². The molecule has 1 aromatic heterocycles. The highest BCUT2D eigenvalue weighted by molar-refractivity contribution is 5.86. The molecule has 0 aliphatic carbocycles. The maximum Gasteiger partial charge on any atom is 0.135 e. The minimum atomic E-state index is -0.0223. The van der Waals surface area contributed by atoms with Gasteiger partial charge in [-0.15, -0.1) is 0 Å². The van der Waals surface area contributed by atoms with E-state index in [-0.39, 0.29) is 6.61 Å². The van der Waals surface area contributed by atoms with Crippen molar-refractivity contribution in [1.29, 1.82) is 0 Å². The van der Waals surface area contributed by atoms with Gasteiger partial charge in [-0.2, -0.15) is 0 Å². The van der Waals surface area contributed by atoms with Crippen molar-refractivity contribution < 1.29 is 9.52 Å². The summed E-state index contributed by atoms with van der Waals surface area (Å²) >= 11 is 0. The number of hydrogen-bond acceptors (Lipinski definition) is 2. The van der Waals surface area contributed by atoms with Gasteiger partial charge < -0.3 is 9.52 Å². The fourth-order valence-corrected chi connectivity index (χ4v) is 2.15. The Labute approximate surface area is 111 Å². The van der Waals surface area contributed by atoms with Crippen molar-refractivity contribution in [3.05, 3.63) is 71.5 Å². The highest BCUT2D eigenvalue weighted by Crippen LogP contribution is 2.27. The number of aliphatic hydroxyl groups is 1. The molecule has 1 N–H and O–H groups in total. The van der Waals surface area contributed by atoms with E-state index >= 15 is 0 Å². The average molecular weight is 250 g/mol. The monoisotopic (exact) mass is 250 g/mol. The molecular formula is C17H14O2. The fourth-order valence-electron chi connectivity index (χ4n) is 2.15. The Balaban J connectivity index is 2.03. The molecule has 0 radical (unpaired) electrons. The van der Waals surface area contributed by atoms with Gasteiger partial charge in [0.15, 0.2) is 0 Å². The highest BCUT2D eigenvalue weighted by atomic mass is 16.3. The molecule has 2 nitrogen and oxygen atoms in total. The summed E-state index contributed by atoms with van der Waals surface area (Å²) in [6.07, 6.45) is 3.89. The highest BCUT2D eigenvalue weighted by Gasteiger charge is 2.10. The fraction of sp³-hybridized carbons (Fsp3) is 0.0588. The molecular weight excluding hydrogens is 236 g/mol. The summed E-state index contributed by atoms with van der Waals surface area (Å²) in [7, 11) is 0. The van der Waals surface area contributed by atoms with Crippen LogP contribution in [-0.4, -0.2) is 5.11 Å². The van der Waals surface area contributed by atoms with Gasteiger partial charge in [-0.25, -0.2) is 0 Å². The minimum absolute atomic E-state index is 0.0223. The van der Waals surface area contributed by atoms with Crippen molar-refractivity contribution in [2.75, 3.05) is 0 Å². The lowest BCUT2D eigenvalue weighted by Gasteiger charge is -1.94. The smallest absolute Gasteiger partial charge is 0.135 e. The Morgan fingerprint density at radius 2 is 1.63 bits per heavy atom. The van der Waals surface area contributed by atoms with Crippen LogP contribution in [0.4, 0.5) is 0 Å². The standard InChI is InChI=1S/C17H14O2/c18-12-15-14-8-4-5-9-16(14)19-17(15)11-10-13-6-2-1-3-7-13/h1-11,18H,12H2. The third-order valence-corrected chi connectivity index (χ3v) is 3.11. The Morgan fingerprint density at radius 1 is 0.895 bits per heavy atom. The molecule has 2 heteroatoms. The lowest BCUT2D eigenvalue weighted by molar-refractivity contribution is 0.281. The molecule has 3 aromatic rings. The summed E-state index contributed by atoms with van der Waals surface area (Å²) in [4.78, 5) is 0. The van der Waals surface area contributed by atoms with Crippen LogP contribution in [0.5, 0.6) is 0 Å². The number of aliphatic hydroxyl groups excluding tert-OH is 1. The Morgan fingerprint density at radius 3 is 2.42 bits per heavy atom. The van der Waals surface area contributed by atoms with Crippen molar-refractivity contribution in [3.63, 3.8) is 0 Å². The van der Waals surface area contributed by atoms with Gasteiger partial charge in [-0.05, 0) is 17.7 Å². The summed E-state index contributed by atoms with van der Waals surface area (Å²) in [5.41, 5.74) is 2.74. The van der Waals surface area contributed by atoms with Crippen LogP contribution >= 0.6 is 0 Å². The molecule has 94 valence electrons. The van der Waals surface area contributed by atoms with Crippen LogP contribution in [0.25, 0.3) is 23.1 Å². The third kappa shape index (κ3) is 2.30. The molecule has 0 saturated carbocycles. The first-order chi connectivity index (χ1) is 9.38. The summed E-state index contributed by atoms with van der Waals surface area (Å²) in [6.45, 7) is -0.0223. The van der Waals surface area contributed by atoms with Crippen LogP contribution in [0.15, 0.2) is 59.0 Å². The lowest BCUT2D eigenvalue weighted by Crippen LogP contribution is -1.83. The summed E-state index contributed by atoms with van der Waals surface area (Å²) in [5.74, 6) is 0.715. The van der Waals surface area contributed by atoms with Crippen LogP contribution in [0.3, 0.4) is 0 Å². The molecule has 19 heavy (non-hydrogen) atoms. The van der Waals surface area contributed by atoms with Crippen molar-refractivity contribution in [1.82, 2.24) is 0 Å². The molecule has 0 bridgehead atoms. The van der Waals surface area contributed by atoms with Gasteiger partial charge in [0.1, 0.15) is 11.3 Å². The number of fused-ring (bicyclic) bond motifs is 1. The number of benzene rings is 2. The third-order valence-electron chi connectivity index (χ3n) is 3.11. The maximum absolute atomic E-state index is 9.51. The van der Waals surface area contributed by atoms with Crippen LogP contribution in [0, 0.1) is 0 Å². The summed E-state index contributed by atoms with van der Waals surface area (Å²) in [5, 5.41) is 10.5. The van der Waals surface area contributed by atoms with Gasteiger partial charge in [0.25, 0.3) is 0 Å². The SMILES string of the molecule is OCc1c(C=Cc2ccccc2)oc2ccccc12. The second kappa shape index (κ2) is 5.12. The average Bonchev–Trinajstić information content (AvgIpc) is 2.83. The van der Waals surface area contributed by atoms with E-state index in [4.69, 9.17) is 4.42 Å². The Kier molecular flexibility index (Phi) is 3.17. The maximum atomic E-state index is 9.51. The van der Waals surface area contributed by atoms with Gasteiger partial charge in [0.2, 0.25) is 0 Å². The van der Waals surface area contributed by atoms with Crippen LogP contribution in [-0.2, 0) is 6.61 Å². The summed E-state index contributed by atoms with van der Waals surface area (Å²) in [6, 6.07) is 17.8. The van der Waals surface area contributed by atoms with Crippen molar-refractivity contribution in [3.8, 4) is 0 Å². The number of rotatable bonds is 3. The van der Waals surface area contributed by atoms with Gasteiger partial charge in [-0.3, -0.25) is 0 Å². The molecule has 0 unspecified atom stereocenters. The molecule has 0 fully saturated rings. The number of hydrogen-bond donors (Lipinski definition) is 1. The van der Waals surface area contributed by atoms with Gasteiger partial charge >= 0.3 is 0 Å². The molecule has 1 heterocycles. The van der Waals surface area contributed by atoms with Crippen LogP contribution in [0.2, 0.25) is 0 Å². The van der Waals surface area contributed by atoms with E-state index in [9.17, 15) is 5.11 Å². The second-order valence-electron chi connectivity index (χ2n) is 4.34. The quantitative estimate of drug-likeness (QED) is 0.759. The number of furan rings is 1. The van der Waals surface area contributed by atoms with Gasteiger partial charge in [0, 0.05) is 10.9 Å². The van der Waals surface area contributed by atoms with E-state index in [0.29, 0.717) is 5.76 Å². The Hall–Kier alpha value is -2.32. The van der Waals surface area contributed by atoms with Crippen LogP contribution in [0.1, 0.15) is 16.9 Å². The zero-order chi connectivity index (χ0) is 13.1. The first kappa shape index (κ1) is 11.8. The summed E-state index contributed by atoms with van der Waals surface area (Å²) < 4.78 is 5.76. The molecule has 0 spiro atoms. The van der Waals surface area contributed by atoms with Gasteiger partial charge in [-0.1, -0.05) is 54.6 Å². The zero-order valence-corrected chi connectivity index (χ0v) is 10.4. The Bertz CT molecular complexity index is 708. The molecule has 0 aliphatic heterocycles. The molecule has 0 atom stereocenters. The van der Waals surface area contributed by atoms with Crippen LogP contribution < -0.4 is 0 Å². The zero-order valence-electron chi connectivity index (χ0n) is 10.4. The second-order valence-corrected chi connectivity index (χ2v) is 4.34. The largest absolute Gasteiger partial charge is 0.456 e. The predicted molar refractivity (Wildman–Crippen MR) is 77.5 cm³/mol. The molecule has 0 amide bonds. The first-order valence-corrected chi connectivity index (χ1v) is 6.23. The van der Waals surface area contributed by atoms with E-state index in [1.807, 2.05) is 66.7 Å². The van der Waals surface area contributed by atoms with E-state index in [1.165, 1.54) is 0 Å². The van der Waals surface area contributed by atoms with E-state index < -0.39 is 0 Å². The van der Waals surface area contributed by atoms with Crippen molar-refractivity contribution in [2.24, 2.45) is 0 Å². The van der Waals surface area contributed by atoms with Crippen molar-refractivity contribution >= 4 is 23.1 Å². The van der Waals surface area contributed by atoms with E-state index in [2.05, 4.69) is 0 Å². The predicted octanol–water partition coefficient (Wildman–Crippen LogP) is 4.10. The number of para-hydroxylation sites is 1. The van der Waals surface area contributed by atoms with Gasteiger partial charge in [0.05, 0.1) is 6.61 Å². The first-order valence-electron chi connectivity index (χ1n) is 6.23.